The minimum Gasteiger partial charge on any atom is -0.495 e. The van der Waals surface area contributed by atoms with E-state index >= 15 is 0 Å². The van der Waals surface area contributed by atoms with E-state index in [2.05, 4.69) is 10.6 Å². The Bertz CT molecular complexity index is 426. The second kappa shape index (κ2) is 5.87. The molecule has 1 aliphatic heterocycles. The number of carbonyl (C=O) groups is 1. The molecule has 0 saturated carbocycles. The number of benzene rings is 1. The fraction of sp³-hybridized carbons (Fsp3) is 0.500. The largest absolute Gasteiger partial charge is 0.495 e. The van der Waals surface area contributed by atoms with Gasteiger partial charge in [-0.3, -0.25) is 4.79 Å². The Morgan fingerprint density at radius 1 is 1.39 bits per heavy atom. The third-order valence-corrected chi connectivity index (χ3v) is 3.32. The van der Waals surface area contributed by atoms with E-state index in [1.165, 1.54) is 0 Å². The molecule has 1 amide bonds. The van der Waals surface area contributed by atoms with Crippen LogP contribution in [0.1, 0.15) is 18.4 Å². The third-order valence-electron chi connectivity index (χ3n) is 3.32. The number of aryl methyl sites for hydroxylation is 1. The van der Waals surface area contributed by atoms with Crippen molar-refractivity contribution in [2.24, 2.45) is 5.92 Å². The quantitative estimate of drug-likeness (QED) is 0.859. The summed E-state index contributed by atoms with van der Waals surface area (Å²) < 4.78 is 5.29. The molecule has 1 aliphatic rings. The average molecular weight is 248 g/mol. The van der Waals surface area contributed by atoms with Gasteiger partial charge < -0.3 is 15.4 Å². The zero-order valence-corrected chi connectivity index (χ0v) is 11.0. The molecule has 98 valence electrons. The Kier molecular flexibility index (Phi) is 4.20. The van der Waals surface area contributed by atoms with E-state index in [1.807, 2.05) is 25.1 Å². The van der Waals surface area contributed by atoms with Crippen LogP contribution in [0, 0.1) is 12.8 Å². The van der Waals surface area contributed by atoms with E-state index in [1.54, 1.807) is 7.11 Å². The molecular weight excluding hydrogens is 228 g/mol. The van der Waals surface area contributed by atoms with Crippen LogP contribution in [0.25, 0.3) is 0 Å². The summed E-state index contributed by atoms with van der Waals surface area (Å²) in [6, 6.07) is 5.80. The minimum absolute atomic E-state index is 0.0960. The van der Waals surface area contributed by atoms with Crippen molar-refractivity contribution in [2.75, 3.05) is 25.5 Å². The molecule has 2 rings (SSSR count). The zero-order valence-electron chi connectivity index (χ0n) is 11.0. The van der Waals surface area contributed by atoms with Gasteiger partial charge in [-0.15, -0.1) is 0 Å². The van der Waals surface area contributed by atoms with Gasteiger partial charge in [0.25, 0.3) is 0 Å². The molecule has 18 heavy (non-hydrogen) atoms. The topological polar surface area (TPSA) is 50.4 Å². The normalized spacial score (nSPS) is 16.3. The first-order valence-corrected chi connectivity index (χ1v) is 6.37. The lowest BCUT2D eigenvalue weighted by Crippen LogP contribution is -2.34. The van der Waals surface area contributed by atoms with Crippen molar-refractivity contribution in [3.8, 4) is 5.75 Å². The van der Waals surface area contributed by atoms with Crippen LogP contribution >= 0.6 is 0 Å². The summed E-state index contributed by atoms with van der Waals surface area (Å²) in [4.78, 5) is 12.1. The molecule has 4 nitrogen and oxygen atoms in total. The summed E-state index contributed by atoms with van der Waals surface area (Å²) >= 11 is 0. The highest BCUT2D eigenvalue weighted by molar-refractivity contribution is 5.94. The van der Waals surface area contributed by atoms with Crippen molar-refractivity contribution in [2.45, 2.75) is 19.8 Å². The molecule has 4 heteroatoms. The van der Waals surface area contributed by atoms with E-state index in [9.17, 15) is 4.79 Å². The lowest BCUT2D eigenvalue weighted by Gasteiger charge is -2.22. The van der Waals surface area contributed by atoms with Crippen LogP contribution in [0.4, 0.5) is 5.69 Å². The maximum Gasteiger partial charge on any atom is 0.227 e. The highest BCUT2D eigenvalue weighted by Gasteiger charge is 2.21. The molecule has 1 aromatic carbocycles. The minimum atomic E-state index is 0.0960. The zero-order chi connectivity index (χ0) is 13.0. The molecule has 1 heterocycles. The SMILES string of the molecule is COc1cc(C)ccc1NC(=O)C1CCNCC1. The van der Waals surface area contributed by atoms with E-state index in [-0.39, 0.29) is 11.8 Å². The van der Waals surface area contributed by atoms with Crippen LogP contribution in [0.15, 0.2) is 18.2 Å². The molecule has 0 bridgehead atoms. The number of ether oxygens (including phenoxy) is 1. The van der Waals surface area contributed by atoms with Gasteiger partial charge in [0.05, 0.1) is 12.8 Å². The molecule has 2 N–H and O–H groups in total. The number of piperidine rings is 1. The number of rotatable bonds is 3. The number of amides is 1. The van der Waals surface area contributed by atoms with Crippen LogP contribution in [0.3, 0.4) is 0 Å². The van der Waals surface area contributed by atoms with Crippen molar-refractivity contribution in [3.05, 3.63) is 23.8 Å². The highest BCUT2D eigenvalue weighted by Crippen LogP contribution is 2.26. The van der Waals surface area contributed by atoms with Crippen LogP contribution in [-0.4, -0.2) is 26.1 Å². The number of carbonyl (C=O) groups excluding carboxylic acids is 1. The molecular formula is C14H20N2O2. The maximum absolute atomic E-state index is 12.1. The first-order chi connectivity index (χ1) is 8.70. The van der Waals surface area contributed by atoms with Crippen LogP contribution in [-0.2, 0) is 4.79 Å². The molecule has 0 radical (unpaired) electrons. The van der Waals surface area contributed by atoms with Gasteiger partial charge in [0.15, 0.2) is 0 Å². The molecule has 0 spiro atoms. The van der Waals surface area contributed by atoms with Crippen molar-refractivity contribution in [1.82, 2.24) is 5.32 Å². The number of hydrogen-bond donors (Lipinski definition) is 2. The van der Waals surface area contributed by atoms with E-state index in [0.717, 1.165) is 42.9 Å². The Hall–Kier alpha value is -1.55. The van der Waals surface area contributed by atoms with Crippen molar-refractivity contribution in [1.29, 1.82) is 0 Å². The fourth-order valence-corrected chi connectivity index (χ4v) is 2.22. The summed E-state index contributed by atoms with van der Waals surface area (Å²) in [6.07, 6.45) is 1.81. The van der Waals surface area contributed by atoms with Gasteiger partial charge in [0.1, 0.15) is 5.75 Å². The van der Waals surface area contributed by atoms with Crippen molar-refractivity contribution < 1.29 is 9.53 Å². The second-order valence-corrected chi connectivity index (χ2v) is 4.72. The Morgan fingerprint density at radius 2 is 2.11 bits per heavy atom. The maximum atomic E-state index is 12.1. The summed E-state index contributed by atoms with van der Waals surface area (Å²) in [6.45, 7) is 3.84. The first kappa shape index (κ1) is 12.9. The van der Waals surface area contributed by atoms with E-state index in [0.29, 0.717) is 0 Å². The molecule has 0 atom stereocenters. The van der Waals surface area contributed by atoms with Gasteiger partial charge in [-0.05, 0) is 50.6 Å². The van der Waals surface area contributed by atoms with Gasteiger partial charge >= 0.3 is 0 Å². The van der Waals surface area contributed by atoms with Crippen LogP contribution in [0.2, 0.25) is 0 Å². The van der Waals surface area contributed by atoms with Gasteiger partial charge in [0.2, 0.25) is 5.91 Å². The molecule has 0 aromatic heterocycles. The predicted octanol–water partition coefficient (Wildman–Crippen LogP) is 1.94. The van der Waals surface area contributed by atoms with Gasteiger partial charge in [-0.2, -0.15) is 0 Å². The van der Waals surface area contributed by atoms with Gasteiger partial charge in [0, 0.05) is 5.92 Å². The predicted molar refractivity (Wildman–Crippen MR) is 72.0 cm³/mol. The van der Waals surface area contributed by atoms with Gasteiger partial charge in [-0.25, -0.2) is 0 Å². The van der Waals surface area contributed by atoms with Crippen molar-refractivity contribution >= 4 is 11.6 Å². The molecule has 1 fully saturated rings. The van der Waals surface area contributed by atoms with Crippen molar-refractivity contribution in [3.63, 3.8) is 0 Å². The standard InChI is InChI=1S/C14H20N2O2/c1-10-3-4-12(13(9-10)18-2)16-14(17)11-5-7-15-8-6-11/h3-4,9,11,15H,5-8H2,1-2H3,(H,16,17). The number of nitrogens with one attached hydrogen (secondary N) is 2. The molecule has 1 saturated heterocycles. The molecule has 0 unspecified atom stereocenters. The third kappa shape index (κ3) is 3.01. The lowest BCUT2D eigenvalue weighted by molar-refractivity contribution is -0.120. The van der Waals surface area contributed by atoms with E-state index < -0.39 is 0 Å². The van der Waals surface area contributed by atoms with Crippen LogP contribution in [0.5, 0.6) is 5.75 Å². The van der Waals surface area contributed by atoms with E-state index in [4.69, 9.17) is 4.74 Å². The number of anilines is 1. The second-order valence-electron chi connectivity index (χ2n) is 4.72. The summed E-state index contributed by atoms with van der Waals surface area (Å²) in [5.74, 6) is 0.924. The Morgan fingerprint density at radius 3 is 2.78 bits per heavy atom. The number of hydrogen-bond acceptors (Lipinski definition) is 3. The molecule has 0 aliphatic carbocycles. The van der Waals surface area contributed by atoms with Crippen LogP contribution < -0.4 is 15.4 Å². The summed E-state index contributed by atoms with van der Waals surface area (Å²) in [5.41, 5.74) is 1.87. The summed E-state index contributed by atoms with van der Waals surface area (Å²) in [5, 5.41) is 6.23. The number of methoxy groups -OCH3 is 1. The van der Waals surface area contributed by atoms with Gasteiger partial charge in [-0.1, -0.05) is 6.07 Å². The summed E-state index contributed by atoms with van der Waals surface area (Å²) in [7, 11) is 1.62. The first-order valence-electron chi connectivity index (χ1n) is 6.37. The monoisotopic (exact) mass is 248 g/mol. The highest BCUT2D eigenvalue weighted by atomic mass is 16.5. The molecule has 1 aromatic rings. The Labute approximate surface area is 108 Å². The smallest absolute Gasteiger partial charge is 0.227 e. The Balaban J connectivity index is 2.06. The lowest BCUT2D eigenvalue weighted by atomic mass is 9.97. The fourth-order valence-electron chi connectivity index (χ4n) is 2.22. The average Bonchev–Trinajstić information content (AvgIpc) is 2.41.